The van der Waals surface area contributed by atoms with Crippen molar-refractivity contribution >= 4 is 0 Å². The standard InChI is InChI=1S/C16H33N3/c1-3-8-16(14-17,9-4-2)19-12-11-18-10-6-5-7-15(18)13-19/h15H,3-14,17H2,1-2H3. The molecule has 0 spiro atoms. The number of piperidine rings is 1. The average molecular weight is 267 g/mol. The summed E-state index contributed by atoms with van der Waals surface area (Å²) >= 11 is 0. The zero-order chi connectivity index (χ0) is 13.7. The van der Waals surface area contributed by atoms with Crippen LogP contribution in [0.1, 0.15) is 58.8 Å². The van der Waals surface area contributed by atoms with Gasteiger partial charge in [0.15, 0.2) is 0 Å². The highest BCUT2D eigenvalue weighted by Gasteiger charge is 2.39. The van der Waals surface area contributed by atoms with Crippen molar-refractivity contribution < 1.29 is 0 Å². The molecular formula is C16H33N3. The number of hydrogen-bond acceptors (Lipinski definition) is 3. The maximum Gasteiger partial charge on any atom is 0.0332 e. The van der Waals surface area contributed by atoms with E-state index in [0.717, 1.165) is 12.6 Å². The Morgan fingerprint density at radius 1 is 1.05 bits per heavy atom. The molecule has 0 bridgehead atoms. The van der Waals surface area contributed by atoms with Gasteiger partial charge in [0.05, 0.1) is 0 Å². The van der Waals surface area contributed by atoms with Crippen LogP contribution >= 0.6 is 0 Å². The Balaban J connectivity index is 2.04. The van der Waals surface area contributed by atoms with Gasteiger partial charge in [-0.05, 0) is 32.2 Å². The highest BCUT2D eigenvalue weighted by atomic mass is 15.3. The third-order valence-corrected chi connectivity index (χ3v) is 5.32. The lowest BCUT2D eigenvalue weighted by molar-refractivity contribution is -0.0188. The van der Waals surface area contributed by atoms with E-state index in [9.17, 15) is 0 Å². The Labute approximate surface area is 119 Å². The van der Waals surface area contributed by atoms with Gasteiger partial charge in [0.2, 0.25) is 0 Å². The Bertz CT molecular complexity index is 261. The van der Waals surface area contributed by atoms with Crippen LogP contribution in [0.3, 0.4) is 0 Å². The predicted octanol–water partition coefficient (Wildman–Crippen LogP) is 2.45. The minimum absolute atomic E-state index is 0.285. The summed E-state index contributed by atoms with van der Waals surface area (Å²) in [4.78, 5) is 5.48. The highest BCUT2D eigenvalue weighted by Crippen LogP contribution is 2.31. The van der Waals surface area contributed by atoms with Crippen LogP contribution < -0.4 is 5.73 Å². The highest BCUT2D eigenvalue weighted by molar-refractivity contribution is 4.96. The molecule has 0 aromatic heterocycles. The molecule has 2 aliphatic rings. The van der Waals surface area contributed by atoms with Crippen molar-refractivity contribution in [1.29, 1.82) is 0 Å². The Morgan fingerprint density at radius 2 is 1.79 bits per heavy atom. The van der Waals surface area contributed by atoms with Gasteiger partial charge < -0.3 is 5.73 Å². The first-order valence-corrected chi connectivity index (χ1v) is 8.45. The van der Waals surface area contributed by atoms with E-state index < -0.39 is 0 Å². The van der Waals surface area contributed by atoms with E-state index in [0.29, 0.717) is 0 Å². The maximum absolute atomic E-state index is 6.22. The molecule has 3 nitrogen and oxygen atoms in total. The second-order valence-electron chi connectivity index (χ2n) is 6.56. The molecule has 19 heavy (non-hydrogen) atoms. The van der Waals surface area contributed by atoms with Gasteiger partial charge in [-0.1, -0.05) is 33.1 Å². The molecule has 2 rings (SSSR count). The number of rotatable bonds is 6. The largest absolute Gasteiger partial charge is 0.329 e. The molecule has 1 unspecified atom stereocenters. The van der Waals surface area contributed by atoms with E-state index in [1.165, 1.54) is 71.1 Å². The summed E-state index contributed by atoms with van der Waals surface area (Å²) in [6.07, 6.45) is 9.27. The van der Waals surface area contributed by atoms with Crippen LogP contribution in [-0.4, -0.2) is 54.1 Å². The van der Waals surface area contributed by atoms with Crippen LogP contribution in [0.25, 0.3) is 0 Å². The monoisotopic (exact) mass is 267 g/mol. The summed E-state index contributed by atoms with van der Waals surface area (Å²) in [6.45, 7) is 10.5. The van der Waals surface area contributed by atoms with E-state index in [1.807, 2.05) is 0 Å². The van der Waals surface area contributed by atoms with E-state index in [2.05, 4.69) is 23.6 Å². The van der Waals surface area contributed by atoms with Crippen LogP contribution in [0.2, 0.25) is 0 Å². The van der Waals surface area contributed by atoms with E-state index in [-0.39, 0.29) is 5.54 Å². The number of nitrogens with two attached hydrogens (primary N) is 1. The van der Waals surface area contributed by atoms with Crippen molar-refractivity contribution in [2.75, 3.05) is 32.7 Å². The average Bonchev–Trinajstić information content (AvgIpc) is 2.46. The second-order valence-corrected chi connectivity index (χ2v) is 6.56. The van der Waals surface area contributed by atoms with E-state index in [4.69, 9.17) is 5.73 Å². The molecular weight excluding hydrogens is 234 g/mol. The molecule has 112 valence electrons. The summed E-state index contributed by atoms with van der Waals surface area (Å²) in [5.41, 5.74) is 6.51. The van der Waals surface area contributed by atoms with Gasteiger partial charge in [-0.2, -0.15) is 0 Å². The Kier molecular flexibility index (Phi) is 5.67. The van der Waals surface area contributed by atoms with Crippen molar-refractivity contribution in [3.05, 3.63) is 0 Å². The molecule has 2 heterocycles. The van der Waals surface area contributed by atoms with Crippen molar-refractivity contribution in [3.63, 3.8) is 0 Å². The maximum atomic E-state index is 6.22. The number of fused-ring (bicyclic) bond motifs is 1. The van der Waals surface area contributed by atoms with Crippen LogP contribution in [0, 0.1) is 0 Å². The quantitative estimate of drug-likeness (QED) is 0.802. The summed E-state index contributed by atoms with van der Waals surface area (Å²) in [6, 6.07) is 0.808. The molecule has 2 aliphatic heterocycles. The number of piperazine rings is 1. The van der Waals surface area contributed by atoms with Gasteiger partial charge in [0.25, 0.3) is 0 Å². The van der Waals surface area contributed by atoms with E-state index in [1.54, 1.807) is 0 Å². The first-order chi connectivity index (χ1) is 9.25. The minimum Gasteiger partial charge on any atom is -0.329 e. The van der Waals surface area contributed by atoms with Crippen molar-refractivity contribution in [2.45, 2.75) is 70.4 Å². The smallest absolute Gasteiger partial charge is 0.0332 e. The first-order valence-electron chi connectivity index (χ1n) is 8.45. The first kappa shape index (κ1) is 15.3. The summed E-state index contributed by atoms with van der Waals surface area (Å²) in [5.74, 6) is 0. The molecule has 0 amide bonds. The number of nitrogens with zero attached hydrogens (tertiary/aromatic N) is 2. The minimum atomic E-state index is 0.285. The molecule has 0 aromatic rings. The van der Waals surface area contributed by atoms with Crippen LogP contribution in [-0.2, 0) is 0 Å². The van der Waals surface area contributed by atoms with Gasteiger partial charge >= 0.3 is 0 Å². The van der Waals surface area contributed by atoms with Gasteiger partial charge in [-0.3, -0.25) is 9.80 Å². The van der Waals surface area contributed by atoms with Crippen LogP contribution in [0.15, 0.2) is 0 Å². The van der Waals surface area contributed by atoms with Gasteiger partial charge in [0.1, 0.15) is 0 Å². The normalized spacial score (nSPS) is 26.4. The molecule has 0 aliphatic carbocycles. The molecule has 2 N–H and O–H groups in total. The molecule has 3 heteroatoms. The zero-order valence-corrected chi connectivity index (χ0v) is 13.0. The third kappa shape index (κ3) is 3.32. The fraction of sp³-hybridized carbons (Fsp3) is 1.00. The van der Waals surface area contributed by atoms with E-state index >= 15 is 0 Å². The second kappa shape index (κ2) is 7.05. The van der Waals surface area contributed by atoms with Crippen molar-refractivity contribution in [2.24, 2.45) is 5.73 Å². The molecule has 0 aromatic carbocycles. The third-order valence-electron chi connectivity index (χ3n) is 5.32. The zero-order valence-electron chi connectivity index (χ0n) is 13.0. The SMILES string of the molecule is CCCC(CN)(CCC)N1CCN2CCCCC2C1. The summed E-state index contributed by atoms with van der Waals surface area (Å²) in [7, 11) is 0. The van der Waals surface area contributed by atoms with Gasteiger partial charge in [0, 0.05) is 37.8 Å². The predicted molar refractivity (Wildman–Crippen MR) is 82.4 cm³/mol. The summed E-state index contributed by atoms with van der Waals surface area (Å²) in [5, 5.41) is 0. The fourth-order valence-electron chi connectivity index (χ4n) is 4.29. The fourth-order valence-corrected chi connectivity index (χ4v) is 4.29. The Hall–Kier alpha value is -0.120. The lowest BCUT2D eigenvalue weighted by Gasteiger charge is -2.52. The van der Waals surface area contributed by atoms with Gasteiger partial charge in [-0.25, -0.2) is 0 Å². The van der Waals surface area contributed by atoms with Gasteiger partial charge in [-0.15, -0.1) is 0 Å². The van der Waals surface area contributed by atoms with Crippen molar-refractivity contribution in [1.82, 2.24) is 9.80 Å². The molecule has 0 radical (unpaired) electrons. The molecule has 2 fully saturated rings. The van der Waals surface area contributed by atoms with Crippen LogP contribution in [0.5, 0.6) is 0 Å². The van der Waals surface area contributed by atoms with Crippen LogP contribution in [0.4, 0.5) is 0 Å². The lowest BCUT2D eigenvalue weighted by Crippen LogP contribution is -2.63. The van der Waals surface area contributed by atoms with Crippen molar-refractivity contribution in [3.8, 4) is 0 Å². The Morgan fingerprint density at radius 3 is 2.42 bits per heavy atom. The lowest BCUT2D eigenvalue weighted by atomic mass is 9.84. The molecule has 2 saturated heterocycles. The molecule has 1 atom stereocenters. The number of hydrogen-bond donors (Lipinski definition) is 1. The molecule has 0 saturated carbocycles. The topological polar surface area (TPSA) is 32.5 Å². The summed E-state index contributed by atoms with van der Waals surface area (Å²) < 4.78 is 0.